The molecular weight excluding hydrogens is 446 g/mol. The minimum atomic E-state index is -0.534. The molecule has 1 aromatic heterocycles. The van der Waals surface area contributed by atoms with Crippen LogP contribution in [0.2, 0.25) is 0 Å². The van der Waals surface area contributed by atoms with Crippen molar-refractivity contribution < 1.29 is 13.6 Å². The SMILES string of the molecule is N#Cc1c(F)cccc1N1CCN(C(=O)CCc2c(-c3ccccc3)[nH]c3ccc(F)cc23)CC1. The van der Waals surface area contributed by atoms with Crippen LogP contribution in [0, 0.1) is 23.0 Å². The summed E-state index contributed by atoms with van der Waals surface area (Å²) in [5, 5.41) is 10.1. The number of aryl methyl sites for hydroxylation is 1. The lowest BCUT2D eigenvalue weighted by Crippen LogP contribution is -2.49. The molecule has 3 aromatic carbocycles. The number of nitrogens with zero attached hydrogens (tertiary/aromatic N) is 3. The van der Waals surface area contributed by atoms with Crippen molar-refractivity contribution in [1.82, 2.24) is 9.88 Å². The molecule has 5 nitrogen and oxygen atoms in total. The number of nitriles is 1. The van der Waals surface area contributed by atoms with Gasteiger partial charge in [0.05, 0.1) is 5.69 Å². The largest absolute Gasteiger partial charge is 0.367 e. The maximum absolute atomic E-state index is 14.0. The second-order valence-corrected chi connectivity index (χ2v) is 8.65. The minimum Gasteiger partial charge on any atom is -0.367 e. The lowest BCUT2D eigenvalue weighted by atomic mass is 10.0. The highest BCUT2D eigenvalue weighted by Crippen LogP contribution is 2.32. The van der Waals surface area contributed by atoms with Crippen LogP contribution in [0.1, 0.15) is 17.5 Å². The summed E-state index contributed by atoms with van der Waals surface area (Å²) < 4.78 is 28.0. The van der Waals surface area contributed by atoms with E-state index in [9.17, 15) is 18.8 Å². The highest BCUT2D eigenvalue weighted by Gasteiger charge is 2.24. The van der Waals surface area contributed by atoms with Gasteiger partial charge in [-0.05, 0) is 47.9 Å². The third kappa shape index (κ3) is 4.47. The molecule has 35 heavy (non-hydrogen) atoms. The van der Waals surface area contributed by atoms with Crippen LogP contribution in [-0.2, 0) is 11.2 Å². The fourth-order valence-electron chi connectivity index (χ4n) is 4.80. The molecule has 0 radical (unpaired) electrons. The Labute approximate surface area is 202 Å². The Morgan fingerprint density at radius 1 is 0.971 bits per heavy atom. The molecule has 1 N–H and O–H groups in total. The number of halogens is 2. The van der Waals surface area contributed by atoms with E-state index in [4.69, 9.17) is 0 Å². The zero-order valence-electron chi connectivity index (χ0n) is 19.1. The van der Waals surface area contributed by atoms with Crippen molar-refractivity contribution in [2.45, 2.75) is 12.8 Å². The maximum atomic E-state index is 14.0. The first kappa shape index (κ1) is 22.6. The third-order valence-corrected chi connectivity index (χ3v) is 6.60. The predicted octanol–water partition coefficient (Wildman–Crippen LogP) is 5.27. The Hall–Kier alpha value is -4.18. The van der Waals surface area contributed by atoms with Crippen molar-refractivity contribution in [2.24, 2.45) is 0 Å². The van der Waals surface area contributed by atoms with E-state index in [-0.39, 0.29) is 17.3 Å². The van der Waals surface area contributed by atoms with Gasteiger partial charge in [-0.3, -0.25) is 4.79 Å². The van der Waals surface area contributed by atoms with Crippen LogP contribution in [-0.4, -0.2) is 42.0 Å². The number of benzene rings is 3. The first-order chi connectivity index (χ1) is 17.0. The quantitative estimate of drug-likeness (QED) is 0.433. The molecular formula is C28H24F2N4O. The molecule has 176 valence electrons. The summed E-state index contributed by atoms with van der Waals surface area (Å²) >= 11 is 0. The van der Waals surface area contributed by atoms with E-state index in [0.29, 0.717) is 44.7 Å². The highest BCUT2D eigenvalue weighted by molar-refractivity contribution is 5.91. The Morgan fingerprint density at radius 3 is 2.49 bits per heavy atom. The fourth-order valence-corrected chi connectivity index (χ4v) is 4.80. The van der Waals surface area contributed by atoms with Gasteiger partial charge in [0.15, 0.2) is 0 Å². The Kier molecular flexibility index (Phi) is 6.19. The number of carbonyl (C=O) groups excluding carboxylic acids is 1. The Morgan fingerprint density at radius 2 is 1.74 bits per heavy atom. The number of hydrogen-bond acceptors (Lipinski definition) is 3. The molecule has 0 atom stereocenters. The van der Waals surface area contributed by atoms with E-state index in [1.54, 1.807) is 23.1 Å². The van der Waals surface area contributed by atoms with Crippen molar-refractivity contribution in [1.29, 1.82) is 5.26 Å². The summed E-state index contributed by atoms with van der Waals surface area (Å²) in [7, 11) is 0. The van der Waals surface area contributed by atoms with Gasteiger partial charge in [-0.25, -0.2) is 8.78 Å². The van der Waals surface area contributed by atoms with Crippen molar-refractivity contribution in [3.63, 3.8) is 0 Å². The second kappa shape index (κ2) is 9.59. The second-order valence-electron chi connectivity index (χ2n) is 8.65. The summed E-state index contributed by atoms with van der Waals surface area (Å²) in [5.41, 5.74) is 4.25. The molecule has 0 unspecified atom stereocenters. The topological polar surface area (TPSA) is 63.1 Å². The molecule has 1 fully saturated rings. The van der Waals surface area contributed by atoms with E-state index in [1.165, 1.54) is 18.2 Å². The molecule has 1 amide bonds. The van der Waals surface area contributed by atoms with Crippen molar-refractivity contribution >= 4 is 22.5 Å². The summed E-state index contributed by atoms with van der Waals surface area (Å²) in [6, 6.07) is 21.1. The number of hydrogen-bond donors (Lipinski definition) is 1. The first-order valence-corrected chi connectivity index (χ1v) is 11.6. The smallest absolute Gasteiger partial charge is 0.223 e. The summed E-state index contributed by atoms with van der Waals surface area (Å²) in [6.07, 6.45) is 0.780. The van der Waals surface area contributed by atoms with Gasteiger partial charge in [-0.15, -0.1) is 0 Å². The van der Waals surface area contributed by atoms with E-state index in [1.807, 2.05) is 41.3 Å². The summed E-state index contributed by atoms with van der Waals surface area (Å²) in [5.74, 6) is -0.823. The minimum absolute atomic E-state index is 0.0224. The number of anilines is 1. The molecule has 0 spiro atoms. The number of nitrogens with one attached hydrogen (secondary N) is 1. The van der Waals surface area contributed by atoms with Gasteiger partial charge in [0.1, 0.15) is 23.3 Å². The molecule has 7 heteroatoms. The number of piperazine rings is 1. The number of H-pyrrole nitrogens is 1. The molecule has 1 aliphatic heterocycles. The van der Waals surface area contributed by atoms with Crippen LogP contribution in [0.5, 0.6) is 0 Å². The van der Waals surface area contributed by atoms with Gasteiger partial charge in [0.2, 0.25) is 5.91 Å². The molecule has 1 saturated heterocycles. The van der Waals surface area contributed by atoms with Gasteiger partial charge < -0.3 is 14.8 Å². The lowest BCUT2D eigenvalue weighted by Gasteiger charge is -2.36. The number of amides is 1. The molecule has 0 saturated carbocycles. The van der Waals surface area contributed by atoms with Crippen LogP contribution in [0.3, 0.4) is 0 Å². The van der Waals surface area contributed by atoms with Crippen LogP contribution < -0.4 is 4.90 Å². The zero-order valence-corrected chi connectivity index (χ0v) is 19.1. The fraction of sp³-hybridized carbons (Fsp3) is 0.214. The van der Waals surface area contributed by atoms with Crippen LogP contribution in [0.4, 0.5) is 14.5 Å². The number of fused-ring (bicyclic) bond motifs is 1. The maximum Gasteiger partial charge on any atom is 0.223 e. The molecule has 1 aliphatic rings. The van der Waals surface area contributed by atoms with Gasteiger partial charge in [-0.2, -0.15) is 5.26 Å². The monoisotopic (exact) mass is 470 g/mol. The van der Waals surface area contributed by atoms with Crippen molar-refractivity contribution in [3.8, 4) is 17.3 Å². The van der Waals surface area contributed by atoms with Crippen molar-refractivity contribution in [3.05, 3.63) is 89.5 Å². The number of rotatable bonds is 5. The van der Waals surface area contributed by atoms with Gasteiger partial charge in [0, 0.05) is 49.2 Å². The molecule has 2 heterocycles. The van der Waals surface area contributed by atoms with E-state index < -0.39 is 5.82 Å². The Balaban J connectivity index is 1.30. The van der Waals surface area contributed by atoms with Gasteiger partial charge in [-0.1, -0.05) is 36.4 Å². The Bertz CT molecular complexity index is 1420. The lowest BCUT2D eigenvalue weighted by molar-refractivity contribution is -0.131. The standard InChI is InChI=1S/C28H24F2N4O/c29-20-9-11-25-22(17-20)21(28(32-25)19-5-2-1-3-6-19)10-12-27(35)34-15-13-33(14-16-34)26-8-4-7-24(30)23(26)18-31/h1-9,11,17,32H,10,12-16H2. The average Bonchev–Trinajstić information content (AvgIpc) is 3.25. The number of aromatic amines is 1. The molecule has 0 aliphatic carbocycles. The predicted molar refractivity (Wildman–Crippen MR) is 132 cm³/mol. The molecule has 4 aromatic rings. The van der Waals surface area contributed by atoms with Gasteiger partial charge in [0.25, 0.3) is 0 Å². The van der Waals surface area contributed by atoms with E-state index >= 15 is 0 Å². The number of aromatic nitrogens is 1. The van der Waals surface area contributed by atoms with E-state index in [0.717, 1.165) is 27.7 Å². The van der Waals surface area contributed by atoms with Crippen molar-refractivity contribution in [2.75, 3.05) is 31.1 Å². The normalized spacial score (nSPS) is 13.7. The van der Waals surface area contributed by atoms with Crippen LogP contribution in [0.15, 0.2) is 66.7 Å². The summed E-state index contributed by atoms with van der Waals surface area (Å²) in [6.45, 7) is 2.04. The average molecular weight is 471 g/mol. The molecule has 5 rings (SSSR count). The summed E-state index contributed by atoms with van der Waals surface area (Å²) in [4.78, 5) is 20.2. The molecule has 0 bridgehead atoms. The van der Waals surface area contributed by atoms with Crippen LogP contribution in [0.25, 0.3) is 22.2 Å². The van der Waals surface area contributed by atoms with E-state index in [2.05, 4.69) is 4.98 Å². The highest BCUT2D eigenvalue weighted by atomic mass is 19.1. The number of carbonyl (C=O) groups is 1. The third-order valence-electron chi connectivity index (χ3n) is 6.60. The van der Waals surface area contributed by atoms with Gasteiger partial charge >= 0.3 is 0 Å². The first-order valence-electron chi connectivity index (χ1n) is 11.6. The van der Waals surface area contributed by atoms with Crippen LogP contribution >= 0.6 is 0 Å². The zero-order chi connectivity index (χ0) is 24.4.